The van der Waals surface area contributed by atoms with Crippen molar-refractivity contribution in [2.75, 3.05) is 6.54 Å². The van der Waals surface area contributed by atoms with E-state index in [0.717, 1.165) is 24.4 Å². The number of rotatable bonds is 3. The highest BCUT2D eigenvalue weighted by atomic mass is 16.5. The van der Waals surface area contributed by atoms with Gasteiger partial charge in [-0.3, -0.25) is 0 Å². The Bertz CT molecular complexity index is 566. The molecule has 1 N–H and O–H groups in total. The van der Waals surface area contributed by atoms with Gasteiger partial charge in [-0.15, -0.1) is 0 Å². The van der Waals surface area contributed by atoms with Gasteiger partial charge in [-0.1, -0.05) is 44.0 Å². The SMILES string of the molecule is CC(C)c1ccc(-c2nc(C3CCCCCN3)no2)cc1. The molecule has 2 heterocycles. The number of hydrogen-bond donors (Lipinski definition) is 1. The van der Waals surface area contributed by atoms with E-state index in [2.05, 4.69) is 53.6 Å². The molecule has 112 valence electrons. The zero-order chi connectivity index (χ0) is 14.7. The molecule has 21 heavy (non-hydrogen) atoms. The molecule has 1 aromatic heterocycles. The van der Waals surface area contributed by atoms with Crippen LogP contribution < -0.4 is 5.32 Å². The molecule has 1 aliphatic rings. The van der Waals surface area contributed by atoms with Gasteiger partial charge in [-0.2, -0.15) is 4.98 Å². The van der Waals surface area contributed by atoms with Crippen molar-refractivity contribution in [1.29, 1.82) is 0 Å². The summed E-state index contributed by atoms with van der Waals surface area (Å²) in [5, 5.41) is 7.67. The van der Waals surface area contributed by atoms with Crippen LogP contribution in [0.4, 0.5) is 0 Å². The van der Waals surface area contributed by atoms with E-state index in [1.54, 1.807) is 0 Å². The number of benzene rings is 1. The standard InChI is InChI=1S/C17H23N3O/c1-12(2)13-7-9-14(10-8-13)17-19-16(20-21-17)15-6-4-3-5-11-18-15/h7-10,12,15,18H,3-6,11H2,1-2H3. The second-order valence-electron chi connectivity index (χ2n) is 6.09. The number of nitrogens with zero attached hydrogens (tertiary/aromatic N) is 2. The summed E-state index contributed by atoms with van der Waals surface area (Å²) < 4.78 is 5.44. The summed E-state index contributed by atoms with van der Waals surface area (Å²) >= 11 is 0. The average molecular weight is 285 g/mol. The minimum Gasteiger partial charge on any atom is -0.334 e. The molecule has 2 aromatic rings. The first-order chi connectivity index (χ1) is 10.2. The van der Waals surface area contributed by atoms with E-state index in [4.69, 9.17) is 4.52 Å². The fourth-order valence-corrected chi connectivity index (χ4v) is 2.75. The van der Waals surface area contributed by atoms with Gasteiger partial charge in [0.05, 0.1) is 6.04 Å². The topological polar surface area (TPSA) is 51.0 Å². The molecule has 0 amide bonds. The third kappa shape index (κ3) is 3.32. The monoisotopic (exact) mass is 285 g/mol. The van der Waals surface area contributed by atoms with Crippen LogP contribution in [0.25, 0.3) is 11.5 Å². The third-order valence-corrected chi connectivity index (χ3v) is 4.14. The molecule has 1 aromatic carbocycles. The van der Waals surface area contributed by atoms with E-state index in [1.807, 2.05) is 0 Å². The highest BCUT2D eigenvalue weighted by molar-refractivity contribution is 5.53. The Morgan fingerprint density at radius 2 is 1.95 bits per heavy atom. The zero-order valence-electron chi connectivity index (χ0n) is 12.8. The summed E-state index contributed by atoms with van der Waals surface area (Å²) in [6.45, 7) is 5.42. The van der Waals surface area contributed by atoms with Gasteiger partial charge in [0.15, 0.2) is 5.82 Å². The van der Waals surface area contributed by atoms with Gasteiger partial charge >= 0.3 is 0 Å². The molecule has 4 heteroatoms. The smallest absolute Gasteiger partial charge is 0.257 e. The van der Waals surface area contributed by atoms with Gasteiger partial charge in [0.1, 0.15) is 0 Å². The normalized spacial score (nSPS) is 19.7. The fraction of sp³-hybridized carbons (Fsp3) is 0.529. The van der Waals surface area contributed by atoms with E-state index in [0.29, 0.717) is 11.8 Å². The molecular weight excluding hydrogens is 262 g/mol. The highest BCUT2D eigenvalue weighted by Gasteiger charge is 2.19. The molecule has 3 rings (SSSR count). The van der Waals surface area contributed by atoms with Crippen molar-refractivity contribution in [2.45, 2.75) is 51.5 Å². The van der Waals surface area contributed by atoms with Crippen molar-refractivity contribution in [1.82, 2.24) is 15.5 Å². The Balaban J connectivity index is 1.77. The molecule has 1 unspecified atom stereocenters. The first kappa shape index (κ1) is 14.3. The summed E-state index contributed by atoms with van der Waals surface area (Å²) in [6.07, 6.45) is 4.83. The lowest BCUT2D eigenvalue weighted by atomic mass is 10.0. The summed E-state index contributed by atoms with van der Waals surface area (Å²) in [4.78, 5) is 4.58. The van der Waals surface area contributed by atoms with Gasteiger partial charge < -0.3 is 9.84 Å². The molecule has 1 saturated heterocycles. The number of aromatic nitrogens is 2. The van der Waals surface area contributed by atoms with Gasteiger partial charge in [0.25, 0.3) is 5.89 Å². The van der Waals surface area contributed by atoms with Crippen LogP contribution in [0.1, 0.15) is 62.9 Å². The van der Waals surface area contributed by atoms with Crippen molar-refractivity contribution in [3.05, 3.63) is 35.7 Å². The Morgan fingerprint density at radius 3 is 2.71 bits per heavy atom. The number of nitrogens with one attached hydrogen (secondary N) is 1. The molecule has 1 fully saturated rings. The van der Waals surface area contributed by atoms with E-state index in [9.17, 15) is 0 Å². The second-order valence-corrected chi connectivity index (χ2v) is 6.09. The Kier molecular flexibility index (Phi) is 4.34. The van der Waals surface area contributed by atoms with Crippen molar-refractivity contribution in [3.63, 3.8) is 0 Å². The predicted octanol–water partition coefficient (Wildman–Crippen LogP) is 4.06. The van der Waals surface area contributed by atoms with Crippen LogP contribution in [0.2, 0.25) is 0 Å². The van der Waals surface area contributed by atoms with Crippen LogP contribution in [-0.4, -0.2) is 16.7 Å². The Hall–Kier alpha value is -1.68. The van der Waals surface area contributed by atoms with Crippen LogP contribution in [0, 0.1) is 0 Å². The second kappa shape index (κ2) is 6.39. The minimum atomic E-state index is 0.236. The summed E-state index contributed by atoms with van der Waals surface area (Å²) in [5.41, 5.74) is 2.32. The van der Waals surface area contributed by atoms with E-state index < -0.39 is 0 Å². The highest BCUT2D eigenvalue weighted by Crippen LogP contribution is 2.25. The van der Waals surface area contributed by atoms with Crippen LogP contribution in [0.3, 0.4) is 0 Å². The van der Waals surface area contributed by atoms with Crippen molar-refractivity contribution < 1.29 is 4.52 Å². The maximum Gasteiger partial charge on any atom is 0.257 e. The minimum absolute atomic E-state index is 0.236. The lowest BCUT2D eigenvalue weighted by Gasteiger charge is -2.09. The van der Waals surface area contributed by atoms with Crippen LogP contribution in [0.15, 0.2) is 28.8 Å². The van der Waals surface area contributed by atoms with Crippen molar-refractivity contribution in [2.24, 2.45) is 0 Å². The van der Waals surface area contributed by atoms with E-state index in [-0.39, 0.29) is 6.04 Å². The van der Waals surface area contributed by atoms with Crippen LogP contribution in [-0.2, 0) is 0 Å². The van der Waals surface area contributed by atoms with E-state index in [1.165, 1.54) is 24.8 Å². The quantitative estimate of drug-likeness (QED) is 0.923. The third-order valence-electron chi connectivity index (χ3n) is 4.14. The molecule has 0 spiro atoms. The lowest BCUT2D eigenvalue weighted by molar-refractivity contribution is 0.402. The molecule has 1 aliphatic heterocycles. The molecule has 4 nitrogen and oxygen atoms in total. The summed E-state index contributed by atoms with van der Waals surface area (Å²) in [5.74, 6) is 1.94. The van der Waals surface area contributed by atoms with Gasteiger partial charge in [-0.05, 0) is 43.0 Å². The Labute approximate surface area is 126 Å². The molecule has 0 bridgehead atoms. The maximum atomic E-state index is 5.44. The van der Waals surface area contributed by atoms with Crippen LogP contribution >= 0.6 is 0 Å². The zero-order valence-corrected chi connectivity index (χ0v) is 12.8. The van der Waals surface area contributed by atoms with E-state index >= 15 is 0 Å². The summed E-state index contributed by atoms with van der Waals surface area (Å²) in [7, 11) is 0. The van der Waals surface area contributed by atoms with Crippen molar-refractivity contribution in [3.8, 4) is 11.5 Å². The lowest BCUT2D eigenvalue weighted by Crippen LogP contribution is -2.21. The predicted molar refractivity (Wildman–Crippen MR) is 83.0 cm³/mol. The maximum absolute atomic E-state index is 5.44. The Morgan fingerprint density at radius 1 is 1.14 bits per heavy atom. The van der Waals surface area contributed by atoms with Gasteiger partial charge in [0.2, 0.25) is 0 Å². The van der Waals surface area contributed by atoms with Gasteiger partial charge in [-0.25, -0.2) is 0 Å². The largest absolute Gasteiger partial charge is 0.334 e. The first-order valence-corrected chi connectivity index (χ1v) is 7.91. The summed E-state index contributed by atoms with van der Waals surface area (Å²) in [6, 6.07) is 8.63. The molecule has 1 atom stereocenters. The van der Waals surface area contributed by atoms with Crippen LogP contribution in [0.5, 0.6) is 0 Å². The molecular formula is C17H23N3O. The van der Waals surface area contributed by atoms with Crippen molar-refractivity contribution >= 4 is 0 Å². The average Bonchev–Trinajstić information content (AvgIpc) is 2.83. The molecule has 0 saturated carbocycles. The number of hydrogen-bond acceptors (Lipinski definition) is 4. The fourth-order valence-electron chi connectivity index (χ4n) is 2.75. The van der Waals surface area contributed by atoms with Gasteiger partial charge in [0, 0.05) is 5.56 Å². The molecule has 0 radical (unpaired) electrons. The molecule has 0 aliphatic carbocycles. The first-order valence-electron chi connectivity index (χ1n) is 7.91.